The van der Waals surface area contributed by atoms with E-state index in [1.165, 1.54) is 0 Å². The number of nitrogens with zero attached hydrogens (tertiary/aromatic N) is 3. The molecule has 2 heterocycles. The van der Waals surface area contributed by atoms with Crippen molar-refractivity contribution < 1.29 is 5.11 Å². The van der Waals surface area contributed by atoms with Crippen LogP contribution >= 0.6 is 0 Å². The van der Waals surface area contributed by atoms with Crippen molar-refractivity contribution in [1.29, 1.82) is 0 Å². The van der Waals surface area contributed by atoms with Gasteiger partial charge in [-0.15, -0.1) is 0 Å². The Labute approximate surface area is 109 Å². The average Bonchev–Trinajstić information content (AvgIpc) is 2.77. The van der Waals surface area contributed by atoms with E-state index in [0.29, 0.717) is 18.3 Å². The fourth-order valence-corrected chi connectivity index (χ4v) is 2.51. The predicted octanol–water partition coefficient (Wildman–Crippen LogP) is 0.837. The molecule has 0 aromatic carbocycles. The lowest BCUT2D eigenvalue weighted by Crippen LogP contribution is -2.38. The second kappa shape index (κ2) is 6.29. The molecule has 0 bridgehead atoms. The van der Waals surface area contributed by atoms with Crippen LogP contribution in [0.1, 0.15) is 32.5 Å². The number of aromatic nitrogens is 3. The summed E-state index contributed by atoms with van der Waals surface area (Å²) in [5.74, 6) is 1.80. The normalized spacial score (nSPS) is 22.3. The van der Waals surface area contributed by atoms with Crippen molar-refractivity contribution in [3.8, 4) is 0 Å². The van der Waals surface area contributed by atoms with Crippen LogP contribution < -0.4 is 5.32 Å². The zero-order valence-corrected chi connectivity index (χ0v) is 11.3. The third-order valence-electron chi connectivity index (χ3n) is 3.50. The molecule has 0 aliphatic carbocycles. The van der Waals surface area contributed by atoms with Crippen LogP contribution in [0, 0.1) is 11.8 Å². The molecular weight excluding hydrogens is 228 g/mol. The highest BCUT2D eigenvalue weighted by atomic mass is 16.3. The van der Waals surface area contributed by atoms with Gasteiger partial charge in [-0.1, -0.05) is 13.8 Å². The molecule has 0 amide bonds. The van der Waals surface area contributed by atoms with Crippen molar-refractivity contribution in [3.05, 3.63) is 12.2 Å². The monoisotopic (exact) mass is 252 g/mol. The Morgan fingerprint density at radius 2 is 2.39 bits per heavy atom. The van der Waals surface area contributed by atoms with Crippen LogP contribution in [-0.2, 0) is 13.0 Å². The molecule has 0 saturated carbocycles. The molecule has 1 aromatic heterocycles. The highest BCUT2D eigenvalue weighted by molar-refractivity contribution is 4.90. The Balaban J connectivity index is 1.93. The summed E-state index contributed by atoms with van der Waals surface area (Å²) >= 11 is 0. The zero-order chi connectivity index (χ0) is 13.0. The van der Waals surface area contributed by atoms with Crippen molar-refractivity contribution in [2.24, 2.45) is 11.8 Å². The van der Waals surface area contributed by atoms with Crippen LogP contribution in [0.3, 0.4) is 0 Å². The van der Waals surface area contributed by atoms with Crippen molar-refractivity contribution >= 4 is 0 Å². The third kappa shape index (κ3) is 3.53. The summed E-state index contributed by atoms with van der Waals surface area (Å²) in [5.41, 5.74) is 0. The van der Waals surface area contributed by atoms with E-state index in [-0.39, 0.29) is 6.10 Å². The Kier molecular flexibility index (Phi) is 4.72. The maximum absolute atomic E-state index is 10.3. The topological polar surface area (TPSA) is 63.0 Å². The van der Waals surface area contributed by atoms with Gasteiger partial charge in [0.25, 0.3) is 0 Å². The fourth-order valence-electron chi connectivity index (χ4n) is 2.51. The predicted molar refractivity (Wildman–Crippen MR) is 70.2 cm³/mol. The molecule has 2 N–H and O–H groups in total. The lowest BCUT2D eigenvalue weighted by Gasteiger charge is -2.27. The van der Waals surface area contributed by atoms with Gasteiger partial charge in [0.05, 0.1) is 6.10 Å². The van der Waals surface area contributed by atoms with Gasteiger partial charge in [0.15, 0.2) is 0 Å². The first-order valence-corrected chi connectivity index (χ1v) is 6.92. The van der Waals surface area contributed by atoms with Crippen LogP contribution in [0.25, 0.3) is 0 Å². The number of nitrogens with one attached hydrogen (secondary N) is 1. The van der Waals surface area contributed by atoms with Gasteiger partial charge in [-0.2, -0.15) is 5.10 Å². The second-order valence-electron chi connectivity index (χ2n) is 5.63. The number of piperidine rings is 1. The van der Waals surface area contributed by atoms with Crippen molar-refractivity contribution in [2.45, 2.75) is 45.8 Å². The van der Waals surface area contributed by atoms with Crippen molar-refractivity contribution in [3.63, 3.8) is 0 Å². The zero-order valence-electron chi connectivity index (χ0n) is 11.3. The molecule has 5 heteroatoms. The summed E-state index contributed by atoms with van der Waals surface area (Å²) in [6.45, 7) is 7.18. The maximum atomic E-state index is 10.3. The summed E-state index contributed by atoms with van der Waals surface area (Å²) in [5, 5.41) is 17.9. The Morgan fingerprint density at radius 1 is 1.56 bits per heavy atom. The minimum atomic E-state index is -0.312. The van der Waals surface area contributed by atoms with Gasteiger partial charge in [0.1, 0.15) is 12.2 Å². The molecule has 1 aromatic rings. The van der Waals surface area contributed by atoms with E-state index in [1.807, 2.05) is 4.68 Å². The molecule has 2 unspecified atom stereocenters. The SMILES string of the molecule is CC(C)Cn1ncnc1CC(O)C1CCCNC1. The summed E-state index contributed by atoms with van der Waals surface area (Å²) in [6.07, 6.45) is 4.14. The molecule has 18 heavy (non-hydrogen) atoms. The molecule has 5 nitrogen and oxygen atoms in total. The lowest BCUT2D eigenvalue weighted by atomic mass is 9.92. The Hall–Kier alpha value is -0.940. The molecule has 1 fully saturated rings. The molecule has 1 aliphatic rings. The molecule has 1 aliphatic heterocycles. The van der Waals surface area contributed by atoms with E-state index in [4.69, 9.17) is 0 Å². The van der Waals surface area contributed by atoms with Crippen molar-refractivity contribution in [1.82, 2.24) is 20.1 Å². The molecule has 2 rings (SSSR count). The number of rotatable bonds is 5. The van der Waals surface area contributed by atoms with Crippen molar-refractivity contribution in [2.75, 3.05) is 13.1 Å². The second-order valence-corrected chi connectivity index (χ2v) is 5.63. The molecule has 2 atom stereocenters. The largest absolute Gasteiger partial charge is 0.392 e. The highest BCUT2D eigenvalue weighted by Gasteiger charge is 2.23. The molecule has 102 valence electrons. The molecule has 1 saturated heterocycles. The molecular formula is C13H24N4O. The van der Waals surface area contributed by atoms with E-state index in [2.05, 4.69) is 29.2 Å². The van der Waals surface area contributed by atoms with Crippen LogP contribution in [0.4, 0.5) is 0 Å². The van der Waals surface area contributed by atoms with Gasteiger partial charge < -0.3 is 10.4 Å². The van der Waals surface area contributed by atoms with E-state index in [9.17, 15) is 5.11 Å². The summed E-state index contributed by atoms with van der Waals surface area (Å²) < 4.78 is 1.92. The first-order chi connectivity index (χ1) is 8.66. The molecule has 0 radical (unpaired) electrons. The van der Waals surface area contributed by atoms with Gasteiger partial charge >= 0.3 is 0 Å². The summed E-state index contributed by atoms with van der Waals surface area (Å²) in [4.78, 5) is 4.28. The van der Waals surface area contributed by atoms with E-state index < -0.39 is 0 Å². The first kappa shape index (κ1) is 13.5. The Morgan fingerprint density at radius 3 is 3.06 bits per heavy atom. The standard InChI is InChI=1S/C13H24N4O/c1-10(2)8-17-13(15-9-16-17)6-12(18)11-4-3-5-14-7-11/h9-12,14,18H,3-8H2,1-2H3. The number of hydrogen-bond acceptors (Lipinski definition) is 4. The average molecular weight is 252 g/mol. The quantitative estimate of drug-likeness (QED) is 0.815. The minimum absolute atomic E-state index is 0.312. The number of aliphatic hydroxyl groups is 1. The van der Waals surface area contributed by atoms with Gasteiger partial charge in [0, 0.05) is 19.5 Å². The highest BCUT2D eigenvalue weighted by Crippen LogP contribution is 2.17. The van der Waals surface area contributed by atoms with Crippen LogP contribution in [-0.4, -0.2) is 39.1 Å². The Bertz CT molecular complexity index is 358. The first-order valence-electron chi connectivity index (χ1n) is 6.92. The van der Waals surface area contributed by atoms with Gasteiger partial charge in [-0.05, 0) is 31.2 Å². The van der Waals surface area contributed by atoms with Gasteiger partial charge in [-0.3, -0.25) is 0 Å². The third-order valence-corrected chi connectivity index (χ3v) is 3.50. The van der Waals surface area contributed by atoms with Crippen LogP contribution in [0.5, 0.6) is 0 Å². The van der Waals surface area contributed by atoms with Gasteiger partial charge in [0.2, 0.25) is 0 Å². The lowest BCUT2D eigenvalue weighted by molar-refractivity contribution is 0.0891. The van der Waals surface area contributed by atoms with Crippen LogP contribution in [0.15, 0.2) is 6.33 Å². The summed E-state index contributed by atoms with van der Waals surface area (Å²) in [6, 6.07) is 0. The van der Waals surface area contributed by atoms with E-state index in [0.717, 1.165) is 38.3 Å². The maximum Gasteiger partial charge on any atom is 0.138 e. The number of hydrogen-bond donors (Lipinski definition) is 2. The van der Waals surface area contributed by atoms with Gasteiger partial charge in [-0.25, -0.2) is 9.67 Å². The summed E-state index contributed by atoms with van der Waals surface area (Å²) in [7, 11) is 0. The smallest absolute Gasteiger partial charge is 0.138 e. The molecule has 0 spiro atoms. The van der Waals surface area contributed by atoms with Crippen LogP contribution in [0.2, 0.25) is 0 Å². The number of aliphatic hydroxyl groups excluding tert-OH is 1. The fraction of sp³-hybridized carbons (Fsp3) is 0.846. The minimum Gasteiger partial charge on any atom is -0.392 e. The van der Waals surface area contributed by atoms with E-state index >= 15 is 0 Å². The van der Waals surface area contributed by atoms with E-state index in [1.54, 1.807) is 6.33 Å².